The number of halogens is 1. The van der Waals surface area contributed by atoms with Crippen LogP contribution in [0.3, 0.4) is 0 Å². The molecular weight excluding hydrogens is 284 g/mol. The van der Waals surface area contributed by atoms with Crippen LogP contribution in [-0.2, 0) is 6.42 Å². The first-order valence-corrected chi connectivity index (χ1v) is 6.42. The van der Waals surface area contributed by atoms with Crippen LogP contribution in [0.1, 0.15) is 5.01 Å². The van der Waals surface area contributed by atoms with Crippen molar-refractivity contribution in [1.29, 1.82) is 0 Å². The Morgan fingerprint density at radius 2 is 1.93 bits per heavy atom. The SMILES string of the molecule is Brc1nccs1.OCCc1nccs1. The zero-order valence-electron chi connectivity index (χ0n) is 7.26. The molecule has 0 unspecified atom stereocenters. The van der Waals surface area contributed by atoms with Gasteiger partial charge in [-0.05, 0) is 15.9 Å². The maximum absolute atomic E-state index is 8.40. The summed E-state index contributed by atoms with van der Waals surface area (Å²) in [7, 11) is 0. The fourth-order valence-electron chi connectivity index (χ4n) is 0.678. The van der Waals surface area contributed by atoms with E-state index in [1.54, 1.807) is 35.1 Å². The first-order chi connectivity index (χ1) is 6.83. The predicted molar refractivity (Wildman–Crippen MR) is 62.7 cm³/mol. The molecule has 14 heavy (non-hydrogen) atoms. The highest BCUT2D eigenvalue weighted by atomic mass is 79.9. The lowest BCUT2D eigenvalue weighted by atomic mass is 10.5. The van der Waals surface area contributed by atoms with Crippen LogP contribution in [0.4, 0.5) is 0 Å². The van der Waals surface area contributed by atoms with Gasteiger partial charge in [0.1, 0.15) is 0 Å². The van der Waals surface area contributed by atoms with Crippen LogP contribution in [0, 0.1) is 0 Å². The second-order valence-electron chi connectivity index (χ2n) is 2.18. The van der Waals surface area contributed by atoms with Gasteiger partial charge in [-0.1, -0.05) is 0 Å². The van der Waals surface area contributed by atoms with E-state index in [2.05, 4.69) is 25.9 Å². The Bertz CT molecular complexity index is 323. The monoisotopic (exact) mass is 292 g/mol. The average Bonchev–Trinajstić information content (AvgIpc) is 2.79. The molecule has 2 rings (SSSR count). The van der Waals surface area contributed by atoms with Crippen molar-refractivity contribution in [3.8, 4) is 0 Å². The van der Waals surface area contributed by atoms with E-state index >= 15 is 0 Å². The normalized spacial score (nSPS) is 9.29. The zero-order chi connectivity index (χ0) is 10.2. The number of thiazole rings is 2. The van der Waals surface area contributed by atoms with Crippen molar-refractivity contribution in [2.45, 2.75) is 6.42 Å². The van der Waals surface area contributed by atoms with E-state index in [0.717, 1.165) is 8.92 Å². The molecule has 6 heteroatoms. The van der Waals surface area contributed by atoms with Crippen LogP contribution in [0.15, 0.2) is 27.1 Å². The van der Waals surface area contributed by atoms with Crippen molar-refractivity contribution >= 4 is 38.6 Å². The van der Waals surface area contributed by atoms with Gasteiger partial charge in [-0.2, -0.15) is 0 Å². The van der Waals surface area contributed by atoms with Gasteiger partial charge >= 0.3 is 0 Å². The van der Waals surface area contributed by atoms with Gasteiger partial charge in [0.2, 0.25) is 0 Å². The Kier molecular flexibility index (Phi) is 5.93. The van der Waals surface area contributed by atoms with Crippen LogP contribution in [-0.4, -0.2) is 21.7 Å². The lowest BCUT2D eigenvalue weighted by Gasteiger charge is -1.84. The number of hydrogen-bond acceptors (Lipinski definition) is 5. The summed E-state index contributed by atoms with van der Waals surface area (Å²) in [6.45, 7) is 0.202. The minimum Gasteiger partial charge on any atom is -0.396 e. The number of rotatable bonds is 2. The van der Waals surface area contributed by atoms with Gasteiger partial charge in [0.15, 0.2) is 3.92 Å². The third kappa shape index (κ3) is 4.80. The molecule has 0 spiro atoms. The highest BCUT2D eigenvalue weighted by molar-refractivity contribution is 9.11. The molecule has 0 amide bonds. The summed E-state index contributed by atoms with van der Waals surface area (Å²) < 4.78 is 0.947. The van der Waals surface area contributed by atoms with Gasteiger partial charge in [0.25, 0.3) is 0 Å². The number of aliphatic hydroxyl groups is 1. The van der Waals surface area contributed by atoms with E-state index in [1.165, 1.54) is 0 Å². The molecule has 0 aliphatic heterocycles. The third-order valence-electron chi connectivity index (χ3n) is 1.21. The van der Waals surface area contributed by atoms with Crippen LogP contribution in [0.2, 0.25) is 0 Å². The molecule has 0 atom stereocenters. The minimum absolute atomic E-state index is 0.202. The Labute approximate surface area is 98.6 Å². The van der Waals surface area contributed by atoms with Crippen molar-refractivity contribution in [2.24, 2.45) is 0 Å². The molecule has 0 aromatic carbocycles. The molecule has 0 bridgehead atoms. The summed E-state index contributed by atoms with van der Waals surface area (Å²) in [4.78, 5) is 7.82. The maximum atomic E-state index is 8.40. The lowest BCUT2D eigenvalue weighted by Crippen LogP contribution is -1.87. The van der Waals surface area contributed by atoms with E-state index in [1.807, 2.05) is 10.8 Å². The molecule has 0 aliphatic carbocycles. The molecule has 2 heterocycles. The first-order valence-electron chi connectivity index (χ1n) is 3.87. The largest absolute Gasteiger partial charge is 0.396 e. The fraction of sp³-hybridized carbons (Fsp3) is 0.250. The predicted octanol–water partition coefficient (Wildman–Crippen LogP) is 2.58. The summed E-state index contributed by atoms with van der Waals surface area (Å²) in [5.41, 5.74) is 0. The van der Waals surface area contributed by atoms with Gasteiger partial charge in [-0.15, -0.1) is 22.7 Å². The summed E-state index contributed by atoms with van der Waals surface area (Å²) in [6.07, 6.45) is 4.20. The number of aliphatic hydroxyl groups excluding tert-OH is 1. The molecule has 76 valence electrons. The molecule has 1 N–H and O–H groups in total. The minimum atomic E-state index is 0.202. The van der Waals surface area contributed by atoms with Crippen LogP contribution >= 0.6 is 38.6 Å². The Morgan fingerprint density at radius 1 is 1.21 bits per heavy atom. The van der Waals surface area contributed by atoms with Crippen molar-refractivity contribution < 1.29 is 5.11 Å². The van der Waals surface area contributed by atoms with Gasteiger partial charge in [-0.25, -0.2) is 9.97 Å². The standard InChI is InChI=1S/C5H7NOS.C3H2BrNS/c7-3-1-5-6-2-4-8-5;4-3-5-1-2-6-3/h2,4,7H,1,3H2;1-2H. The summed E-state index contributed by atoms with van der Waals surface area (Å²) in [5.74, 6) is 0. The van der Waals surface area contributed by atoms with Gasteiger partial charge in [0, 0.05) is 36.2 Å². The van der Waals surface area contributed by atoms with E-state index in [4.69, 9.17) is 5.11 Å². The van der Waals surface area contributed by atoms with Crippen LogP contribution in [0.25, 0.3) is 0 Å². The molecule has 2 aromatic heterocycles. The highest BCUT2D eigenvalue weighted by Crippen LogP contribution is 2.10. The van der Waals surface area contributed by atoms with E-state index in [-0.39, 0.29) is 6.61 Å². The fourth-order valence-corrected chi connectivity index (χ4v) is 2.09. The molecular formula is C8H9BrN2OS2. The topological polar surface area (TPSA) is 46.0 Å². The molecule has 3 nitrogen and oxygen atoms in total. The maximum Gasteiger partial charge on any atom is 0.159 e. The molecule has 2 aromatic rings. The van der Waals surface area contributed by atoms with Crippen molar-refractivity contribution in [1.82, 2.24) is 9.97 Å². The summed E-state index contributed by atoms with van der Waals surface area (Å²) >= 11 is 6.35. The van der Waals surface area contributed by atoms with Crippen LogP contribution in [0.5, 0.6) is 0 Å². The van der Waals surface area contributed by atoms with Gasteiger partial charge in [-0.3, -0.25) is 0 Å². The van der Waals surface area contributed by atoms with Crippen LogP contribution < -0.4 is 0 Å². The zero-order valence-corrected chi connectivity index (χ0v) is 10.5. The molecule has 0 saturated carbocycles. The van der Waals surface area contributed by atoms with E-state index in [0.29, 0.717) is 6.42 Å². The summed E-state index contributed by atoms with van der Waals surface area (Å²) in [5, 5.41) is 13.2. The second kappa shape index (κ2) is 7.05. The molecule has 0 fully saturated rings. The quantitative estimate of drug-likeness (QED) is 0.925. The average molecular weight is 293 g/mol. The second-order valence-corrected chi connectivity index (χ2v) is 5.33. The first kappa shape index (κ1) is 11.8. The van der Waals surface area contributed by atoms with Gasteiger partial charge < -0.3 is 5.11 Å². The highest BCUT2D eigenvalue weighted by Gasteiger charge is 1.89. The smallest absolute Gasteiger partial charge is 0.159 e. The van der Waals surface area contributed by atoms with Crippen molar-refractivity contribution in [3.05, 3.63) is 32.1 Å². The number of hydrogen-bond donors (Lipinski definition) is 1. The van der Waals surface area contributed by atoms with E-state index < -0.39 is 0 Å². The van der Waals surface area contributed by atoms with Crippen molar-refractivity contribution in [2.75, 3.05) is 6.61 Å². The molecule has 0 saturated heterocycles. The third-order valence-corrected chi connectivity index (χ3v) is 3.37. The Hall–Kier alpha value is -0.300. The number of aromatic nitrogens is 2. The number of nitrogens with zero attached hydrogens (tertiary/aromatic N) is 2. The summed E-state index contributed by atoms with van der Waals surface area (Å²) in [6, 6.07) is 0. The lowest BCUT2D eigenvalue weighted by molar-refractivity contribution is 0.299. The Morgan fingerprint density at radius 3 is 2.29 bits per heavy atom. The van der Waals surface area contributed by atoms with Crippen molar-refractivity contribution in [3.63, 3.8) is 0 Å². The molecule has 0 radical (unpaired) electrons. The Balaban J connectivity index is 0.000000146. The van der Waals surface area contributed by atoms with Gasteiger partial charge in [0.05, 0.1) is 5.01 Å². The molecule has 0 aliphatic rings. The van der Waals surface area contributed by atoms with E-state index in [9.17, 15) is 0 Å².